The first kappa shape index (κ1) is 33.2. The van der Waals surface area contributed by atoms with E-state index in [1.54, 1.807) is 0 Å². The monoisotopic (exact) mass is 500 g/mol. The molecule has 154 valence electrons. The molecule has 0 heterocycles. The molecular formula is CH14O18P6+2. The van der Waals surface area contributed by atoms with E-state index in [2.05, 4.69) is 8.83 Å². The summed E-state index contributed by atoms with van der Waals surface area (Å²) in [7, 11) is -22.8. The van der Waals surface area contributed by atoms with Crippen LogP contribution in [0.4, 0.5) is 0 Å². The maximum absolute atomic E-state index is 9.63. The minimum atomic E-state index is -5.18. The van der Waals surface area contributed by atoms with Crippen LogP contribution in [-0.4, -0.2) is 56.0 Å². The first-order valence-electron chi connectivity index (χ1n) is 4.30. The zero-order chi connectivity index (χ0) is 21.7. The Bertz CT molecular complexity index is 510. The molecule has 2 atom stereocenters. The first-order valence-corrected chi connectivity index (χ1v) is 13.3. The normalized spacial score (nSPS) is 12.5. The smallest absolute Gasteiger partial charge is 0.316 e. The van der Waals surface area contributed by atoms with Crippen molar-refractivity contribution < 1.29 is 85.2 Å². The van der Waals surface area contributed by atoms with Gasteiger partial charge < -0.3 is 39.1 Å². The summed E-state index contributed by atoms with van der Waals surface area (Å²) in [6.45, 7) is 0. The van der Waals surface area contributed by atoms with Gasteiger partial charge in [0.25, 0.3) is 0 Å². The summed E-state index contributed by atoms with van der Waals surface area (Å²) in [5.74, 6) is 0. The largest absolute Gasteiger partial charge is 0.694 e. The van der Waals surface area contributed by atoms with Crippen molar-refractivity contribution in [2.75, 3.05) is 7.11 Å². The van der Waals surface area contributed by atoms with Gasteiger partial charge in [-0.15, -0.1) is 9.42 Å². The molecule has 0 aliphatic rings. The van der Waals surface area contributed by atoms with Crippen LogP contribution >= 0.6 is 47.2 Å². The Morgan fingerprint density at radius 1 is 0.800 bits per heavy atom. The van der Waals surface area contributed by atoms with Gasteiger partial charge >= 0.3 is 47.2 Å². The van der Waals surface area contributed by atoms with E-state index in [9.17, 15) is 22.8 Å². The molecule has 0 saturated carbocycles. The fraction of sp³-hybridized carbons (Fsp3) is 1.00. The van der Waals surface area contributed by atoms with E-state index in [0.29, 0.717) is 0 Å². The molecule has 0 bridgehead atoms. The highest BCUT2D eigenvalue weighted by Gasteiger charge is 2.37. The van der Waals surface area contributed by atoms with Crippen LogP contribution in [0.1, 0.15) is 0 Å². The van der Waals surface area contributed by atoms with Gasteiger partial charge in [0.2, 0.25) is 0 Å². The first-order chi connectivity index (χ1) is 10.6. The van der Waals surface area contributed by atoms with Gasteiger partial charge in [-0.2, -0.15) is 9.20 Å². The third-order valence-corrected chi connectivity index (χ3v) is 5.44. The van der Waals surface area contributed by atoms with Crippen LogP contribution < -0.4 is 0 Å². The van der Waals surface area contributed by atoms with Crippen molar-refractivity contribution in [2.24, 2.45) is 0 Å². The number of phosphoric acid groups is 2. The summed E-state index contributed by atoms with van der Waals surface area (Å²) < 4.78 is 63.0. The maximum atomic E-state index is 9.63. The zero-order valence-corrected chi connectivity index (χ0v) is 16.9. The number of hydrogen-bond acceptors (Lipinski definition) is 8. The highest BCUT2D eigenvalue weighted by atomic mass is 32.1. The second-order valence-corrected chi connectivity index (χ2v) is 11.4. The molecule has 0 spiro atoms. The van der Waals surface area contributed by atoms with Crippen LogP contribution in [0.25, 0.3) is 0 Å². The van der Waals surface area contributed by atoms with Crippen molar-refractivity contribution in [3.05, 3.63) is 0 Å². The third kappa shape index (κ3) is 40.6. The number of rotatable bonds is 4. The molecule has 0 saturated heterocycles. The minimum Gasteiger partial charge on any atom is -0.316 e. The van der Waals surface area contributed by atoms with Crippen LogP contribution in [0, 0.1) is 0 Å². The van der Waals surface area contributed by atoms with E-state index in [1.165, 1.54) is 7.11 Å². The second-order valence-electron chi connectivity index (χ2n) is 2.60. The molecule has 0 fully saturated rings. The molecule has 0 aliphatic heterocycles. The summed E-state index contributed by atoms with van der Waals surface area (Å²) in [5, 5.41) is 0. The average molecular weight is 500 g/mol. The van der Waals surface area contributed by atoms with Crippen molar-refractivity contribution in [2.45, 2.75) is 0 Å². The minimum absolute atomic E-state index is 1.17. The third-order valence-electron chi connectivity index (χ3n) is 0.708. The second kappa shape index (κ2) is 14.7. The predicted octanol–water partition coefficient (Wildman–Crippen LogP) is -1.35. The topological polar surface area (TPSA) is 323 Å². The molecule has 25 heavy (non-hydrogen) atoms. The Morgan fingerprint density at radius 3 is 0.960 bits per heavy atom. The van der Waals surface area contributed by atoms with E-state index in [-0.39, 0.29) is 0 Å². The maximum Gasteiger partial charge on any atom is 0.694 e. The molecule has 0 aromatic rings. The quantitative estimate of drug-likeness (QED) is 0.199. The Balaban J connectivity index is -0.000000126. The van der Waals surface area contributed by atoms with Crippen molar-refractivity contribution in [3.63, 3.8) is 0 Å². The Hall–Kier alpha value is 0.640. The van der Waals surface area contributed by atoms with Crippen LogP contribution in [0.2, 0.25) is 0 Å². The van der Waals surface area contributed by atoms with E-state index >= 15 is 0 Å². The van der Waals surface area contributed by atoms with Crippen LogP contribution in [0.5, 0.6) is 0 Å². The van der Waals surface area contributed by atoms with Crippen molar-refractivity contribution in [1.82, 2.24) is 0 Å². The molecule has 2 unspecified atom stereocenters. The van der Waals surface area contributed by atoms with Gasteiger partial charge in [-0.1, -0.05) is 0 Å². The molecule has 0 aliphatic carbocycles. The number of hydrogen-bond donors (Lipinski definition) is 10. The highest BCUT2D eigenvalue weighted by molar-refractivity contribution is 8.26. The zero-order valence-electron chi connectivity index (χ0n) is 11.5. The lowest BCUT2D eigenvalue weighted by atomic mass is 11.8. The van der Waals surface area contributed by atoms with Crippen LogP contribution in [-0.2, 0) is 36.2 Å². The predicted molar refractivity (Wildman–Crippen MR) is 77.3 cm³/mol. The van der Waals surface area contributed by atoms with Gasteiger partial charge in [-0.25, -0.2) is 18.3 Å². The van der Waals surface area contributed by atoms with Crippen LogP contribution in [0.15, 0.2) is 0 Å². The molecule has 0 rings (SSSR count). The average Bonchev–Trinajstić information content (AvgIpc) is 2.23. The lowest BCUT2D eigenvalue weighted by Gasteiger charge is -2.03. The van der Waals surface area contributed by atoms with Gasteiger partial charge in [0.15, 0.2) is 0 Å². The summed E-state index contributed by atoms with van der Waals surface area (Å²) in [6.07, 6.45) is 0. The van der Waals surface area contributed by atoms with E-state index in [0.717, 1.165) is 0 Å². The molecule has 18 nitrogen and oxygen atoms in total. The lowest BCUT2D eigenvalue weighted by molar-refractivity contribution is 0.225. The molecule has 0 amide bonds. The van der Waals surface area contributed by atoms with Gasteiger partial charge in [-0.3, -0.25) is 0 Å². The summed E-state index contributed by atoms with van der Waals surface area (Å²) in [5.41, 5.74) is 0. The molecular weight excluding hydrogens is 486 g/mol. The molecule has 24 heteroatoms. The fourth-order valence-electron chi connectivity index (χ4n) is 0.139. The molecule has 0 aromatic carbocycles. The van der Waals surface area contributed by atoms with Gasteiger partial charge in [0, 0.05) is 4.57 Å². The molecule has 0 aromatic heterocycles. The highest BCUT2D eigenvalue weighted by Crippen LogP contribution is 2.71. The summed E-state index contributed by atoms with van der Waals surface area (Å²) in [6, 6.07) is 0. The van der Waals surface area contributed by atoms with E-state index in [4.69, 9.17) is 53.5 Å². The standard InChI is InChI=1S/CH3O3P.H4O7P2.H4O6P2.HO2P/c1-4-5(2)3;1-8(2,3)7-9(4,5)6;1-7(2,3)8(4,5)6;1-3-2/h1H3;(H2,1,2,3)(H2,4,5,6);(H2,1,2,3)(H2,4,5,6);3H/p+2. The Kier molecular flexibility index (Phi) is 19.5. The van der Waals surface area contributed by atoms with E-state index < -0.39 is 47.2 Å². The van der Waals surface area contributed by atoms with E-state index in [1.807, 2.05) is 0 Å². The van der Waals surface area contributed by atoms with Gasteiger partial charge in [0.1, 0.15) is 0 Å². The van der Waals surface area contributed by atoms with Crippen LogP contribution in [0.3, 0.4) is 0 Å². The van der Waals surface area contributed by atoms with Crippen molar-refractivity contribution >= 4 is 47.2 Å². The molecule has 10 N–H and O–H groups in total. The van der Waals surface area contributed by atoms with Gasteiger partial charge in [0.05, 0.1) is 7.11 Å². The summed E-state index contributed by atoms with van der Waals surface area (Å²) >= 11 is 0. The van der Waals surface area contributed by atoms with Gasteiger partial charge in [-0.05, 0) is 4.57 Å². The lowest BCUT2D eigenvalue weighted by Crippen LogP contribution is -1.84. The SMILES string of the molecule is CO[P+](=O)O.O=P(O)(O)OP(=O)(O)O.O=P(O)(O)P(=O)(O)O.O=[PH+]O. The van der Waals surface area contributed by atoms with Crippen molar-refractivity contribution in [1.29, 1.82) is 0 Å². The fourth-order valence-corrected chi connectivity index (χ4v) is 1.25. The molecule has 0 radical (unpaired) electrons. The Morgan fingerprint density at radius 2 is 0.960 bits per heavy atom. The van der Waals surface area contributed by atoms with Crippen molar-refractivity contribution in [3.8, 4) is 0 Å². The Labute approximate surface area is 140 Å². The summed E-state index contributed by atoms with van der Waals surface area (Å²) in [4.78, 5) is 76.5.